The molecule has 5 atom stereocenters. The predicted molar refractivity (Wildman–Crippen MR) is 81.7 cm³/mol. The van der Waals surface area contributed by atoms with E-state index < -0.39 is 23.8 Å². The van der Waals surface area contributed by atoms with Crippen LogP contribution in [0.25, 0.3) is 0 Å². The maximum absolute atomic E-state index is 12.1. The number of hydrogen-bond donors (Lipinski definition) is 3. The third kappa shape index (κ3) is 3.67. The van der Waals surface area contributed by atoms with Crippen LogP contribution in [0.15, 0.2) is 0 Å². The Bertz CT molecular complexity index is 417. The van der Waals surface area contributed by atoms with Crippen LogP contribution >= 0.6 is 0 Å². The van der Waals surface area contributed by atoms with Gasteiger partial charge in [-0.1, -0.05) is 0 Å². The molecule has 134 valence electrons. The minimum absolute atomic E-state index is 0.0676. The van der Waals surface area contributed by atoms with E-state index in [4.69, 9.17) is 18.9 Å². The SMILES string of the molecule is CO[C@@]1(C)O[C@H](CO)[C@@H](CNC(=O)[C@@H]2CCCN2)O[C@]1(C)OC. The summed E-state index contributed by atoms with van der Waals surface area (Å²) >= 11 is 0. The first-order valence-corrected chi connectivity index (χ1v) is 7.97. The zero-order valence-corrected chi connectivity index (χ0v) is 14.3. The quantitative estimate of drug-likeness (QED) is 0.595. The van der Waals surface area contributed by atoms with Crippen molar-refractivity contribution in [3.8, 4) is 0 Å². The second kappa shape index (κ2) is 7.42. The number of aliphatic hydroxyl groups is 1. The first kappa shape index (κ1) is 18.6. The van der Waals surface area contributed by atoms with Gasteiger partial charge in [-0.25, -0.2) is 0 Å². The summed E-state index contributed by atoms with van der Waals surface area (Å²) in [6.45, 7) is 4.23. The van der Waals surface area contributed by atoms with Crippen LogP contribution in [-0.4, -0.2) is 74.8 Å². The predicted octanol–water partition coefficient (Wildman–Crippen LogP) is -0.644. The van der Waals surface area contributed by atoms with E-state index in [0.29, 0.717) is 0 Å². The van der Waals surface area contributed by atoms with Crippen LogP contribution in [0, 0.1) is 0 Å². The Hall–Kier alpha value is -0.770. The van der Waals surface area contributed by atoms with Gasteiger partial charge in [0.2, 0.25) is 17.5 Å². The fourth-order valence-electron chi connectivity index (χ4n) is 2.97. The number of aliphatic hydroxyl groups excluding tert-OH is 1. The van der Waals surface area contributed by atoms with Crippen LogP contribution in [0.2, 0.25) is 0 Å². The lowest BCUT2D eigenvalue weighted by molar-refractivity contribution is -0.448. The topological polar surface area (TPSA) is 98.3 Å². The van der Waals surface area contributed by atoms with Crippen molar-refractivity contribution >= 4 is 5.91 Å². The molecule has 1 amide bonds. The number of carbonyl (C=O) groups is 1. The van der Waals surface area contributed by atoms with Gasteiger partial charge in [0.1, 0.15) is 12.2 Å². The molecule has 0 unspecified atom stereocenters. The summed E-state index contributed by atoms with van der Waals surface area (Å²) in [5.41, 5.74) is 0. The molecule has 0 spiro atoms. The monoisotopic (exact) mass is 332 g/mol. The van der Waals surface area contributed by atoms with E-state index in [1.54, 1.807) is 13.8 Å². The molecular formula is C15H28N2O6. The summed E-state index contributed by atoms with van der Waals surface area (Å²) in [5, 5.41) is 15.6. The second-order valence-corrected chi connectivity index (χ2v) is 6.19. The molecule has 8 heteroatoms. The summed E-state index contributed by atoms with van der Waals surface area (Å²) in [6, 6.07) is -0.162. The molecule has 0 aromatic rings. The zero-order chi connectivity index (χ0) is 17.1. The highest BCUT2D eigenvalue weighted by atomic mass is 16.8. The summed E-state index contributed by atoms with van der Waals surface area (Å²) < 4.78 is 22.7. The first-order valence-electron chi connectivity index (χ1n) is 7.97. The number of ether oxygens (including phenoxy) is 4. The Kier molecular flexibility index (Phi) is 5.99. The molecule has 2 rings (SSSR count). The maximum atomic E-state index is 12.1. The van der Waals surface area contributed by atoms with E-state index in [2.05, 4.69) is 10.6 Å². The molecule has 2 aliphatic rings. The number of methoxy groups -OCH3 is 2. The number of amides is 1. The number of carbonyl (C=O) groups excluding carboxylic acids is 1. The fourth-order valence-corrected chi connectivity index (χ4v) is 2.97. The Morgan fingerprint density at radius 2 is 1.87 bits per heavy atom. The molecule has 0 bridgehead atoms. The average molecular weight is 332 g/mol. The Morgan fingerprint density at radius 1 is 1.26 bits per heavy atom. The summed E-state index contributed by atoms with van der Waals surface area (Å²) in [5.74, 6) is -2.39. The highest BCUT2D eigenvalue weighted by molar-refractivity contribution is 5.82. The molecule has 0 aromatic heterocycles. The van der Waals surface area contributed by atoms with Gasteiger partial charge in [-0.3, -0.25) is 4.79 Å². The van der Waals surface area contributed by atoms with Gasteiger partial charge in [-0.05, 0) is 33.2 Å². The molecule has 2 heterocycles. The van der Waals surface area contributed by atoms with Gasteiger partial charge in [0.15, 0.2) is 0 Å². The van der Waals surface area contributed by atoms with Gasteiger partial charge in [0, 0.05) is 20.8 Å². The standard InChI is InChI=1S/C15H28N2O6/c1-14(20-3)15(2,21-4)23-12(9-18)11(22-14)8-17-13(19)10-6-5-7-16-10/h10-12,16,18H,5-9H2,1-4H3,(H,17,19)/t10-,11+,12+,14-,15-/m0/s1. The van der Waals surface area contributed by atoms with E-state index in [0.717, 1.165) is 19.4 Å². The highest BCUT2D eigenvalue weighted by Crippen LogP contribution is 2.38. The van der Waals surface area contributed by atoms with Gasteiger partial charge in [-0.2, -0.15) is 0 Å². The lowest BCUT2D eigenvalue weighted by Crippen LogP contribution is -2.67. The fraction of sp³-hybridized carbons (Fsp3) is 0.933. The van der Waals surface area contributed by atoms with Crippen molar-refractivity contribution in [2.24, 2.45) is 0 Å². The second-order valence-electron chi connectivity index (χ2n) is 6.19. The first-order chi connectivity index (χ1) is 10.9. The average Bonchev–Trinajstić information content (AvgIpc) is 3.09. The van der Waals surface area contributed by atoms with Gasteiger partial charge in [0.25, 0.3) is 0 Å². The van der Waals surface area contributed by atoms with Crippen LogP contribution in [0.5, 0.6) is 0 Å². The third-order valence-electron chi connectivity index (χ3n) is 4.81. The Labute approximate surface area is 136 Å². The van der Waals surface area contributed by atoms with E-state index >= 15 is 0 Å². The van der Waals surface area contributed by atoms with Crippen molar-refractivity contribution in [3.05, 3.63) is 0 Å². The van der Waals surface area contributed by atoms with Crippen molar-refractivity contribution in [2.45, 2.75) is 56.5 Å². The van der Waals surface area contributed by atoms with Crippen LogP contribution in [0.1, 0.15) is 26.7 Å². The highest BCUT2D eigenvalue weighted by Gasteiger charge is 2.56. The molecule has 23 heavy (non-hydrogen) atoms. The number of hydrogen-bond acceptors (Lipinski definition) is 7. The Morgan fingerprint density at radius 3 is 2.35 bits per heavy atom. The zero-order valence-electron chi connectivity index (χ0n) is 14.3. The van der Waals surface area contributed by atoms with Crippen LogP contribution in [0.3, 0.4) is 0 Å². The van der Waals surface area contributed by atoms with Gasteiger partial charge < -0.3 is 34.7 Å². The molecule has 8 nitrogen and oxygen atoms in total. The molecule has 2 aliphatic heterocycles. The number of nitrogens with one attached hydrogen (secondary N) is 2. The molecule has 2 fully saturated rings. The van der Waals surface area contributed by atoms with Gasteiger partial charge >= 0.3 is 0 Å². The van der Waals surface area contributed by atoms with Crippen LogP contribution < -0.4 is 10.6 Å². The molecular weight excluding hydrogens is 304 g/mol. The number of rotatable bonds is 6. The third-order valence-corrected chi connectivity index (χ3v) is 4.81. The molecule has 0 radical (unpaired) electrons. The lowest BCUT2D eigenvalue weighted by Gasteiger charge is -2.51. The Balaban J connectivity index is 2.01. The normalized spacial score (nSPS) is 41.0. The largest absolute Gasteiger partial charge is 0.394 e. The minimum Gasteiger partial charge on any atom is -0.394 e. The molecule has 0 aromatic carbocycles. The molecule has 2 saturated heterocycles. The van der Waals surface area contributed by atoms with E-state index in [9.17, 15) is 9.90 Å². The molecule has 0 saturated carbocycles. The van der Waals surface area contributed by atoms with Gasteiger partial charge in [-0.15, -0.1) is 0 Å². The van der Waals surface area contributed by atoms with Crippen molar-refractivity contribution in [1.82, 2.24) is 10.6 Å². The van der Waals surface area contributed by atoms with Crippen LogP contribution in [0.4, 0.5) is 0 Å². The molecule has 0 aliphatic carbocycles. The van der Waals surface area contributed by atoms with Crippen molar-refractivity contribution in [3.63, 3.8) is 0 Å². The lowest BCUT2D eigenvalue weighted by atomic mass is 10.0. The minimum atomic E-state index is -1.16. The summed E-state index contributed by atoms with van der Waals surface area (Å²) in [4.78, 5) is 12.1. The maximum Gasteiger partial charge on any atom is 0.237 e. The van der Waals surface area contributed by atoms with Crippen LogP contribution in [-0.2, 0) is 23.7 Å². The summed E-state index contributed by atoms with van der Waals surface area (Å²) in [7, 11) is 2.99. The van der Waals surface area contributed by atoms with E-state index in [1.807, 2.05) is 0 Å². The van der Waals surface area contributed by atoms with Crippen molar-refractivity contribution < 1.29 is 28.8 Å². The smallest absolute Gasteiger partial charge is 0.237 e. The summed E-state index contributed by atoms with van der Waals surface area (Å²) in [6.07, 6.45) is 0.655. The van der Waals surface area contributed by atoms with E-state index in [1.165, 1.54) is 14.2 Å². The van der Waals surface area contributed by atoms with Crippen molar-refractivity contribution in [2.75, 3.05) is 33.9 Å². The van der Waals surface area contributed by atoms with Crippen molar-refractivity contribution in [1.29, 1.82) is 0 Å². The van der Waals surface area contributed by atoms with E-state index in [-0.39, 0.29) is 25.1 Å². The van der Waals surface area contributed by atoms with Gasteiger partial charge in [0.05, 0.1) is 12.6 Å². The molecule has 3 N–H and O–H groups in total.